The molecule has 0 spiro atoms. The van der Waals surface area contributed by atoms with Gasteiger partial charge in [0.1, 0.15) is 11.5 Å². The van der Waals surface area contributed by atoms with E-state index in [2.05, 4.69) is 22.0 Å². The lowest BCUT2D eigenvalue weighted by Crippen LogP contribution is -1.92. The van der Waals surface area contributed by atoms with Gasteiger partial charge in [-0.3, -0.25) is 0 Å². The Morgan fingerprint density at radius 3 is 2.68 bits per heavy atom. The summed E-state index contributed by atoms with van der Waals surface area (Å²) in [5, 5.41) is 8.92. The zero-order valence-corrected chi connectivity index (χ0v) is 12.6. The van der Waals surface area contributed by atoms with Crippen LogP contribution in [-0.2, 0) is 5.88 Å². The molecule has 0 saturated heterocycles. The van der Waals surface area contributed by atoms with Crippen molar-refractivity contribution in [2.24, 2.45) is 0 Å². The lowest BCUT2D eigenvalue weighted by atomic mass is 10.1. The van der Waals surface area contributed by atoms with Gasteiger partial charge in [0.05, 0.1) is 17.5 Å². The molecule has 0 fully saturated rings. The van der Waals surface area contributed by atoms with Crippen LogP contribution in [0.15, 0.2) is 40.9 Å². The third-order valence-electron chi connectivity index (χ3n) is 2.70. The molecule has 4 heteroatoms. The lowest BCUT2D eigenvalue weighted by Gasteiger charge is -2.12. The van der Waals surface area contributed by atoms with E-state index in [0.717, 1.165) is 15.6 Å². The second kappa shape index (κ2) is 6.10. The van der Waals surface area contributed by atoms with Gasteiger partial charge in [0.2, 0.25) is 0 Å². The quantitative estimate of drug-likeness (QED) is 0.725. The predicted molar refractivity (Wildman–Crippen MR) is 79.7 cm³/mol. The third kappa shape index (κ3) is 3.28. The summed E-state index contributed by atoms with van der Waals surface area (Å²) in [6.45, 7) is 1.94. The standard InChI is InChI=1S/C15H11BrClNO/c1-10-2-3-11(9-18)6-15(10)19-14-5-4-13(16)7-12(14)8-17/h2-7H,8H2,1H3. The van der Waals surface area contributed by atoms with Crippen LogP contribution in [0.25, 0.3) is 0 Å². The van der Waals surface area contributed by atoms with Crippen molar-refractivity contribution in [3.63, 3.8) is 0 Å². The average molecular weight is 337 g/mol. The molecule has 0 saturated carbocycles. The summed E-state index contributed by atoms with van der Waals surface area (Å²) >= 11 is 9.32. The van der Waals surface area contributed by atoms with Crippen LogP contribution >= 0.6 is 27.5 Å². The predicted octanol–water partition coefficient (Wildman–Crippen LogP) is 5.16. The Labute approximate surface area is 125 Å². The highest BCUT2D eigenvalue weighted by Gasteiger charge is 2.08. The van der Waals surface area contributed by atoms with Gasteiger partial charge < -0.3 is 4.74 Å². The number of nitrogens with zero attached hydrogens (tertiary/aromatic N) is 1. The highest BCUT2D eigenvalue weighted by Crippen LogP contribution is 2.31. The molecule has 0 aliphatic rings. The maximum absolute atomic E-state index is 8.92. The average Bonchev–Trinajstić information content (AvgIpc) is 2.43. The molecule has 2 aromatic carbocycles. The van der Waals surface area contributed by atoms with Gasteiger partial charge in [0, 0.05) is 10.0 Å². The Hall–Kier alpha value is -1.50. The fraction of sp³-hybridized carbons (Fsp3) is 0.133. The number of benzene rings is 2. The summed E-state index contributed by atoms with van der Waals surface area (Å²) in [7, 11) is 0. The molecule has 0 unspecified atom stereocenters. The van der Waals surface area contributed by atoms with Gasteiger partial charge >= 0.3 is 0 Å². The first-order chi connectivity index (χ1) is 9.13. The fourth-order valence-electron chi connectivity index (χ4n) is 1.65. The molecule has 19 heavy (non-hydrogen) atoms. The minimum absolute atomic E-state index is 0.367. The van der Waals surface area contributed by atoms with E-state index in [1.165, 1.54) is 0 Å². The molecule has 0 aliphatic heterocycles. The van der Waals surface area contributed by atoms with E-state index in [9.17, 15) is 0 Å². The van der Waals surface area contributed by atoms with Gasteiger partial charge in [-0.05, 0) is 42.8 Å². The van der Waals surface area contributed by atoms with Crippen LogP contribution in [0.3, 0.4) is 0 Å². The normalized spacial score (nSPS) is 10.0. The molecule has 0 heterocycles. The van der Waals surface area contributed by atoms with Gasteiger partial charge in [-0.1, -0.05) is 22.0 Å². The molecule has 2 aromatic rings. The first kappa shape index (κ1) is 13.9. The Morgan fingerprint density at radius 2 is 2.00 bits per heavy atom. The van der Waals surface area contributed by atoms with Crippen LogP contribution in [0.1, 0.15) is 16.7 Å². The van der Waals surface area contributed by atoms with Crippen molar-refractivity contribution in [1.29, 1.82) is 5.26 Å². The number of ether oxygens (including phenoxy) is 1. The van der Waals surface area contributed by atoms with Crippen LogP contribution in [0.2, 0.25) is 0 Å². The third-order valence-corrected chi connectivity index (χ3v) is 3.48. The zero-order chi connectivity index (χ0) is 13.8. The molecule has 2 nitrogen and oxygen atoms in total. The molecule has 0 N–H and O–H groups in total. The molecule has 0 radical (unpaired) electrons. The van der Waals surface area contributed by atoms with Crippen LogP contribution in [0.4, 0.5) is 0 Å². The lowest BCUT2D eigenvalue weighted by molar-refractivity contribution is 0.474. The molecule has 0 aliphatic carbocycles. The largest absolute Gasteiger partial charge is 0.457 e. The molecule has 0 aromatic heterocycles. The van der Waals surface area contributed by atoms with Crippen molar-refractivity contribution < 1.29 is 4.74 Å². The highest BCUT2D eigenvalue weighted by atomic mass is 79.9. The number of hydrogen-bond donors (Lipinski definition) is 0. The van der Waals surface area contributed by atoms with Crippen molar-refractivity contribution in [2.45, 2.75) is 12.8 Å². The van der Waals surface area contributed by atoms with Crippen molar-refractivity contribution >= 4 is 27.5 Å². The summed E-state index contributed by atoms with van der Waals surface area (Å²) in [6.07, 6.45) is 0. The van der Waals surface area contributed by atoms with E-state index in [0.29, 0.717) is 22.9 Å². The summed E-state index contributed by atoms with van der Waals surface area (Å²) in [4.78, 5) is 0. The van der Waals surface area contributed by atoms with Crippen LogP contribution < -0.4 is 4.74 Å². The van der Waals surface area contributed by atoms with Gasteiger partial charge in [0.25, 0.3) is 0 Å². The zero-order valence-electron chi connectivity index (χ0n) is 10.3. The highest BCUT2D eigenvalue weighted by molar-refractivity contribution is 9.10. The Kier molecular flexibility index (Phi) is 4.47. The molecule has 0 atom stereocenters. The second-order valence-corrected chi connectivity index (χ2v) is 5.26. The molecule has 0 amide bonds. The van der Waals surface area contributed by atoms with Gasteiger partial charge in [-0.2, -0.15) is 5.26 Å². The van der Waals surface area contributed by atoms with Crippen molar-refractivity contribution in [2.75, 3.05) is 0 Å². The Morgan fingerprint density at radius 1 is 1.21 bits per heavy atom. The van der Waals surface area contributed by atoms with E-state index in [4.69, 9.17) is 21.6 Å². The van der Waals surface area contributed by atoms with E-state index >= 15 is 0 Å². The summed E-state index contributed by atoms with van der Waals surface area (Å²) < 4.78 is 6.83. The topological polar surface area (TPSA) is 33.0 Å². The van der Waals surface area contributed by atoms with Gasteiger partial charge in [-0.25, -0.2) is 0 Å². The van der Waals surface area contributed by atoms with Crippen molar-refractivity contribution in [3.05, 3.63) is 57.6 Å². The number of alkyl halides is 1. The number of rotatable bonds is 3. The number of halogens is 2. The van der Waals surface area contributed by atoms with E-state index in [1.807, 2.05) is 31.2 Å². The first-order valence-corrected chi connectivity index (χ1v) is 7.00. The van der Waals surface area contributed by atoms with E-state index in [-0.39, 0.29) is 0 Å². The number of nitriles is 1. The molecule has 96 valence electrons. The van der Waals surface area contributed by atoms with Crippen LogP contribution in [-0.4, -0.2) is 0 Å². The Bertz CT molecular complexity index is 649. The second-order valence-electron chi connectivity index (χ2n) is 4.08. The van der Waals surface area contributed by atoms with Gasteiger partial charge in [-0.15, -0.1) is 11.6 Å². The van der Waals surface area contributed by atoms with Crippen LogP contribution in [0, 0.1) is 18.3 Å². The summed E-state index contributed by atoms with van der Waals surface area (Å²) in [5.41, 5.74) is 2.45. The minimum Gasteiger partial charge on any atom is -0.457 e. The van der Waals surface area contributed by atoms with Crippen molar-refractivity contribution in [1.82, 2.24) is 0 Å². The SMILES string of the molecule is Cc1ccc(C#N)cc1Oc1ccc(Br)cc1CCl. The summed E-state index contributed by atoms with van der Waals surface area (Å²) in [5.74, 6) is 1.75. The van der Waals surface area contributed by atoms with Gasteiger partial charge in [0.15, 0.2) is 0 Å². The number of aryl methyl sites for hydroxylation is 1. The summed E-state index contributed by atoms with van der Waals surface area (Å²) in [6, 6.07) is 13.2. The Balaban J connectivity index is 2.39. The maximum atomic E-state index is 8.92. The molecule has 0 bridgehead atoms. The molecular formula is C15H11BrClNO. The first-order valence-electron chi connectivity index (χ1n) is 5.67. The number of hydrogen-bond acceptors (Lipinski definition) is 2. The maximum Gasteiger partial charge on any atom is 0.131 e. The monoisotopic (exact) mass is 335 g/mol. The smallest absolute Gasteiger partial charge is 0.131 e. The fourth-order valence-corrected chi connectivity index (χ4v) is 2.27. The molecule has 2 rings (SSSR count). The van der Waals surface area contributed by atoms with E-state index < -0.39 is 0 Å². The van der Waals surface area contributed by atoms with Crippen LogP contribution in [0.5, 0.6) is 11.5 Å². The van der Waals surface area contributed by atoms with Crippen molar-refractivity contribution in [3.8, 4) is 17.6 Å². The van der Waals surface area contributed by atoms with E-state index in [1.54, 1.807) is 12.1 Å². The molecular weight excluding hydrogens is 326 g/mol. The minimum atomic E-state index is 0.367.